The third-order valence-corrected chi connectivity index (χ3v) is 8.57. The molecule has 37 heavy (non-hydrogen) atoms. The molecule has 0 bridgehead atoms. The molecule has 1 aromatic heterocycles. The maximum Gasteiger partial charge on any atom is 0.222 e. The minimum absolute atomic E-state index is 0.149. The molecule has 0 saturated carbocycles. The number of β-amino-alcohol motifs (C(OH)–C–C–N with tert-alkyl or cyclic N) is 1. The standard InChI is InChI=1S/C28H42N4O4S/c1-28(2)20-36-14-4-5-23-16-31(17-24-19-37-30-29-24)12-11-22(23)15-27(34)32(18-26(28)33)13-10-21-6-8-25(35-3)9-7-21/h6-9,19,22-23,26,33H,4-5,10-18,20H2,1-3H3/t22-,23-,26-/m0/s1. The van der Waals surface area contributed by atoms with Crippen molar-refractivity contribution >= 4 is 17.4 Å². The number of fused-ring (bicyclic) bond motifs is 1. The highest BCUT2D eigenvalue weighted by Crippen LogP contribution is 2.32. The molecule has 4 rings (SSSR count). The van der Waals surface area contributed by atoms with E-state index in [2.05, 4.69) is 14.5 Å². The molecule has 2 fully saturated rings. The Balaban J connectivity index is 1.46. The van der Waals surface area contributed by atoms with Gasteiger partial charge in [0.2, 0.25) is 5.91 Å². The second-order valence-electron chi connectivity index (χ2n) is 11.3. The molecule has 8 nitrogen and oxygen atoms in total. The predicted molar refractivity (Wildman–Crippen MR) is 145 cm³/mol. The molecule has 3 atom stereocenters. The molecular weight excluding hydrogens is 488 g/mol. The smallest absolute Gasteiger partial charge is 0.222 e. The van der Waals surface area contributed by atoms with Gasteiger partial charge >= 0.3 is 0 Å². The molecule has 204 valence electrons. The highest BCUT2D eigenvalue weighted by Gasteiger charge is 2.35. The molecule has 2 aliphatic heterocycles. The molecule has 0 radical (unpaired) electrons. The average Bonchev–Trinajstić information content (AvgIpc) is 3.40. The maximum atomic E-state index is 13.7. The van der Waals surface area contributed by atoms with Crippen LogP contribution in [0.15, 0.2) is 29.6 Å². The van der Waals surface area contributed by atoms with Gasteiger partial charge in [-0.15, -0.1) is 5.10 Å². The van der Waals surface area contributed by atoms with Crippen LogP contribution in [0.25, 0.3) is 0 Å². The summed E-state index contributed by atoms with van der Waals surface area (Å²) in [5, 5.41) is 17.4. The number of likely N-dealkylation sites (tertiary alicyclic amines) is 1. The van der Waals surface area contributed by atoms with Gasteiger partial charge in [0.15, 0.2) is 0 Å². The predicted octanol–water partition coefficient (Wildman–Crippen LogP) is 3.64. The minimum atomic E-state index is -0.655. The number of methoxy groups -OCH3 is 1. The number of carbonyl (C=O) groups excluding carboxylic acids is 1. The fraction of sp³-hybridized carbons (Fsp3) is 0.679. The van der Waals surface area contributed by atoms with Crippen molar-refractivity contribution in [2.75, 3.05) is 46.5 Å². The molecular formula is C28H42N4O4S. The molecule has 1 N–H and O–H groups in total. The molecule has 1 aromatic carbocycles. The van der Waals surface area contributed by atoms with Gasteiger partial charge in [0.25, 0.3) is 0 Å². The van der Waals surface area contributed by atoms with E-state index in [4.69, 9.17) is 9.47 Å². The van der Waals surface area contributed by atoms with E-state index < -0.39 is 11.5 Å². The van der Waals surface area contributed by atoms with Crippen LogP contribution in [0, 0.1) is 17.3 Å². The van der Waals surface area contributed by atoms with Gasteiger partial charge in [-0.3, -0.25) is 9.69 Å². The molecule has 3 heterocycles. The lowest BCUT2D eigenvalue weighted by molar-refractivity contribution is -0.136. The van der Waals surface area contributed by atoms with Gasteiger partial charge < -0.3 is 19.5 Å². The number of carbonyl (C=O) groups is 1. The summed E-state index contributed by atoms with van der Waals surface area (Å²) >= 11 is 1.39. The largest absolute Gasteiger partial charge is 0.497 e. The Morgan fingerprint density at radius 2 is 2.00 bits per heavy atom. The summed E-state index contributed by atoms with van der Waals surface area (Å²) in [4.78, 5) is 18.1. The van der Waals surface area contributed by atoms with Crippen molar-refractivity contribution in [2.24, 2.45) is 17.3 Å². The lowest BCUT2D eigenvalue weighted by Crippen LogP contribution is -2.47. The van der Waals surface area contributed by atoms with Gasteiger partial charge in [-0.1, -0.05) is 30.5 Å². The second-order valence-corrected chi connectivity index (χ2v) is 11.9. The number of aliphatic hydroxyl groups is 1. The molecule has 9 heteroatoms. The molecule has 2 aliphatic rings. The van der Waals surface area contributed by atoms with Crippen LogP contribution in [0.3, 0.4) is 0 Å². The van der Waals surface area contributed by atoms with Crippen molar-refractivity contribution in [3.05, 3.63) is 40.9 Å². The number of ether oxygens (including phenoxy) is 2. The van der Waals surface area contributed by atoms with E-state index in [1.54, 1.807) is 7.11 Å². The fourth-order valence-corrected chi connectivity index (χ4v) is 5.88. The highest BCUT2D eigenvalue weighted by molar-refractivity contribution is 7.03. The molecule has 0 spiro atoms. The van der Waals surface area contributed by atoms with Gasteiger partial charge in [0, 0.05) is 50.0 Å². The van der Waals surface area contributed by atoms with Crippen LogP contribution in [0.5, 0.6) is 5.75 Å². The summed E-state index contributed by atoms with van der Waals surface area (Å²) < 4.78 is 15.3. The third kappa shape index (κ3) is 7.96. The van der Waals surface area contributed by atoms with E-state index in [9.17, 15) is 9.90 Å². The Bertz CT molecular complexity index is 969. The van der Waals surface area contributed by atoms with Crippen molar-refractivity contribution < 1.29 is 19.4 Å². The number of aromatic nitrogens is 2. The first-order valence-corrected chi connectivity index (χ1v) is 14.3. The number of benzene rings is 1. The number of aliphatic hydroxyl groups excluding tert-OH is 1. The van der Waals surface area contributed by atoms with Crippen molar-refractivity contribution in [1.29, 1.82) is 0 Å². The molecule has 2 aromatic rings. The number of hydrogen-bond acceptors (Lipinski definition) is 8. The van der Waals surface area contributed by atoms with Crippen molar-refractivity contribution in [1.82, 2.24) is 19.4 Å². The fourth-order valence-electron chi connectivity index (χ4n) is 5.44. The zero-order valence-corrected chi connectivity index (χ0v) is 23.3. The summed E-state index contributed by atoms with van der Waals surface area (Å²) in [7, 11) is 1.66. The Morgan fingerprint density at radius 1 is 1.19 bits per heavy atom. The van der Waals surface area contributed by atoms with E-state index >= 15 is 0 Å². The first-order chi connectivity index (χ1) is 17.8. The van der Waals surface area contributed by atoms with Crippen LogP contribution in [-0.2, 0) is 22.5 Å². The quantitative estimate of drug-likeness (QED) is 0.610. The maximum absolute atomic E-state index is 13.7. The first kappa shape index (κ1) is 28.0. The number of piperidine rings is 1. The van der Waals surface area contributed by atoms with Gasteiger partial charge in [-0.2, -0.15) is 0 Å². The average molecular weight is 531 g/mol. The lowest BCUT2D eigenvalue weighted by Gasteiger charge is -2.39. The van der Waals surface area contributed by atoms with E-state index in [-0.39, 0.29) is 5.91 Å². The Hall–Kier alpha value is -2.07. The van der Waals surface area contributed by atoms with Crippen LogP contribution in [-0.4, -0.2) is 83.0 Å². The van der Waals surface area contributed by atoms with Crippen LogP contribution >= 0.6 is 11.5 Å². The minimum Gasteiger partial charge on any atom is -0.497 e. The topological polar surface area (TPSA) is 88.0 Å². The molecule has 0 unspecified atom stereocenters. The highest BCUT2D eigenvalue weighted by atomic mass is 32.1. The van der Waals surface area contributed by atoms with Crippen molar-refractivity contribution in [3.63, 3.8) is 0 Å². The van der Waals surface area contributed by atoms with Crippen LogP contribution in [0.4, 0.5) is 0 Å². The van der Waals surface area contributed by atoms with Gasteiger partial charge in [-0.05, 0) is 73.3 Å². The Kier molecular flexibility index (Phi) is 9.92. The Morgan fingerprint density at radius 3 is 2.73 bits per heavy atom. The zero-order chi connectivity index (χ0) is 26.3. The van der Waals surface area contributed by atoms with E-state index in [0.717, 1.165) is 62.3 Å². The molecule has 1 amide bonds. The van der Waals surface area contributed by atoms with Crippen LogP contribution in [0.1, 0.15) is 50.8 Å². The zero-order valence-electron chi connectivity index (χ0n) is 22.5. The molecule has 0 aliphatic carbocycles. The van der Waals surface area contributed by atoms with Gasteiger partial charge in [0.05, 0.1) is 25.5 Å². The summed E-state index contributed by atoms with van der Waals surface area (Å²) in [5.74, 6) is 1.75. The summed E-state index contributed by atoms with van der Waals surface area (Å²) in [6.07, 6.45) is 3.62. The summed E-state index contributed by atoms with van der Waals surface area (Å²) in [6.45, 7) is 8.86. The number of nitrogens with zero attached hydrogens (tertiary/aromatic N) is 4. The number of amides is 1. The van der Waals surface area contributed by atoms with Crippen LogP contribution in [0.2, 0.25) is 0 Å². The Labute approximate surface area is 225 Å². The van der Waals surface area contributed by atoms with Crippen LogP contribution < -0.4 is 4.74 Å². The normalized spacial score (nSPS) is 26.0. The van der Waals surface area contributed by atoms with Gasteiger partial charge in [-0.25, -0.2) is 0 Å². The first-order valence-electron chi connectivity index (χ1n) is 13.5. The SMILES string of the molecule is COc1ccc(CCN2C[C@H](O)C(C)(C)COCCC[C@H]3CN(Cc4csnn4)CC[C@H]3CC2=O)cc1. The number of hydrogen-bond donors (Lipinski definition) is 1. The monoisotopic (exact) mass is 530 g/mol. The second kappa shape index (κ2) is 13.1. The van der Waals surface area contributed by atoms with E-state index in [1.807, 2.05) is 48.4 Å². The van der Waals surface area contributed by atoms with Crippen molar-refractivity contribution in [2.45, 2.75) is 58.6 Å². The van der Waals surface area contributed by atoms with Gasteiger partial charge in [0.1, 0.15) is 5.75 Å². The summed E-state index contributed by atoms with van der Waals surface area (Å²) in [6, 6.07) is 7.99. The summed E-state index contributed by atoms with van der Waals surface area (Å²) in [5.41, 5.74) is 1.74. The molecule has 2 saturated heterocycles. The number of rotatable bonds is 6. The van der Waals surface area contributed by atoms with E-state index in [0.29, 0.717) is 44.6 Å². The lowest BCUT2D eigenvalue weighted by atomic mass is 9.80. The third-order valence-electron chi connectivity index (χ3n) is 8.02. The van der Waals surface area contributed by atoms with E-state index in [1.165, 1.54) is 11.5 Å². The van der Waals surface area contributed by atoms with Crippen molar-refractivity contribution in [3.8, 4) is 5.75 Å².